The van der Waals surface area contributed by atoms with Gasteiger partial charge in [0.1, 0.15) is 5.82 Å². The van der Waals surface area contributed by atoms with Gasteiger partial charge in [-0.3, -0.25) is 0 Å². The molecular formula is C18H17N3. The largest absolute Gasteiger partial charge is 0.323 e. The summed E-state index contributed by atoms with van der Waals surface area (Å²) in [4.78, 5) is 4.68. The minimum atomic E-state index is 0.849. The Morgan fingerprint density at radius 1 is 1.19 bits per heavy atom. The van der Waals surface area contributed by atoms with Crippen molar-refractivity contribution in [3.8, 4) is 11.1 Å². The summed E-state index contributed by atoms with van der Waals surface area (Å²) in [6.45, 7) is 7.13. The van der Waals surface area contributed by atoms with Gasteiger partial charge in [0.05, 0.1) is 17.6 Å². The number of aromatic nitrogens is 2. The van der Waals surface area contributed by atoms with Crippen LogP contribution in [0, 0.1) is 26.2 Å². The average molecular weight is 275 g/mol. The van der Waals surface area contributed by atoms with E-state index >= 15 is 0 Å². The number of aryl methyl sites for hydroxylation is 2. The highest BCUT2D eigenvalue weighted by Gasteiger charge is 2.23. The highest BCUT2D eigenvalue weighted by molar-refractivity contribution is 5.97. The van der Waals surface area contributed by atoms with Gasteiger partial charge in [0.2, 0.25) is 0 Å². The summed E-state index contributed by atoms with van der Waals surface area (Å²) in [6, 6.07) is 8.57. The number of nitrogens with one attached hydrogen (secondary N) is 1. The first-order valence-corrected chi connectivity index (χ1v) is 7.21. The number of fused-ring (bicyclic) bond motifs is 2. The van der Waals surface area contributed by atoms with Crippen molar-refractivity contribution in [1.29, 1.82) is 5.41 Å². The first-order chi connectivity index (χ1) is 10.1. The van der Waals surface area contributed by atoms with Crippen LogP contribution in [-0.2, 0) is 6.54 Å². The Morgan fingerprint density at radius 3 is 2.76 bits per heavy atom. The molecule has 1 N–H and O–H groups in total. The van der Waals surface area contributed by atoms with Crippen molar-refractivity contribution in [2.45, 2.75) is 27.3 Å². The standard InChI is InChI=1S/C18H17N3/c1-10-7-14-13-5-4-6-17-18(13)21(12(3)20-17)9-16(14)11(2)15(10)8-19/h4-8,19H,9H2,1-3H3. The maximum atomic E-state index is 7.67. The van der Waals surface area contributed by atoms with E-state index in [9.17, 15) is 0 Å². The van der Waals surface area contributed by atoms with Gasteiger partial charge in [0.25, 0.3) is 0 Å². The summed E-state index contributed by atoms with van der Waals surface area (Å²) >= 11 is 0. The average Bonchev–Trinajstić information content (AvgIpc) is 2.78. The molecule has 0 saturated heterocycles. The lowest BCUT2D eigenvalue weighted by Crippen LogP contribution is -2.12. The van der Waals surface area contributed by atoms with Gasteiger partial charge in [-0.2, -0.15) is 0 Å². The van der Waals surface area contributed by atoms with E-state index in [1.165, 1.54) is 39.5 Å². The number of para-hydroxylation sites is 1. The molecule has 1 aliphatic heterocycles. The fourth-order valence-corrected chi connectivity index (χ4v) is 3.58. The molecule has 104 valence electrons. The van der Waals surface area contributed by atoms with Crippen molar-refractivity contribution < 1.29 is 0 Å². The smallest absolute Gasteiger partial charge is 0.107 e. The van der Waals surface area contributed by atoms with Crippen LogP contribution in [0.25, 0.3) is 22.2 Å². The SMILES string of the molecule is Cc1cc2c(c(C)c1C=N)Cn1c(C)nc3cccc-2c31. The Bertz CT molecular complexity index is 916. The van der Waals surface area contributed by atoms with Crippen LogP contribution in [0.1, 0.15) is 28.1 Å². The molecule has 2 aromatic carbocycles. The van der Waals surface area contributed by atoms with Gasteiger partial charge in [-0.05, 0) is 54.7 Å². The summed E-state index contributed by atoms with van der Waals surface area (Å²) in [5.41, 5.74) is 9.62. The fraction of sp³-hybridized carbons (Fsp3) is 0.222. The topological polar surface area (TPSA) is 41.7 Å². The number of rotatable bonds is 1. The Kier molecular flexibility index (Phi) is 2.37. The summed E-state index contributed by atoms with van der Waals surface area (Å²) in [7, 11) is 0. The van der Waals surface area contributed by atoms with E-state index in [0.717, 1.165) is 23.4 Å². The Hall–Kier alpha value is -2.42. The molecule has 0 aliphatic carbocycles. The van der Waals surface area contributed by atoms with Crippen LogP contribution in [0.2, 0.25) is 0 Å². The van der Waals surface area contributed by atoms with Crippen LogP contribution in [-0.4, -0.2) is 15.8 Å². The molecule has 21 heavy (non-hydrogen) atoms. The minimum Gasteiger partial charge on any atom is -0.323 e. The molecular weight excluding hydrogens is 258 g/mol. The number of benzene rings is 2. The van der Waals surface area contributed by atoms with E-state index in [2.05, 4.69) is 54.6 Å². The molecule has 0 amide bonds. The predicted octanol–water partition coefficient (Wildman–Crippen LogP) is 3.99. The maximum Gasteiger partial charge on any atom is 0.107 e. The summed E-state index contributed by atoms with van der Waals surface area (Å²) < 4.78 is 2.29. The normalized spacial score (nSPS) is 12.5. The second-order valence-corrected chi connectivity index (χ2v) is 5.82. The van der Waals surface area contributed by atoms with Crippen molar-refractivity contribution in [3.63, 3.8) is 0 Å². The van der Waals surface area contributed by atoms with Gasteiger partial charge in [0, 0.05) is 11.8 Å². The number of nitrogens with zero attached hydrogens (tertiary/aromatic N) is 2. The third-order valence-electron chi connectivity index (χ3n) is 4.68. The van der Waals surface area contributed by atoms with Crippen LogP contribution < -0.4 is 0 Å². The summed E-state index contributed by atoms with van der Waals surface area (Å²) in [5, 5.41) is 7.67. The third-order valence-corrected chi connectivity index (χ3v) is 4.68. The van der Waals surface area contributed by atoms with Crippen molar-refractivity contribution in [2.24, 2.45) is 0 Å². The molecule has 0 atom stereocenters. The lowest BCUT2D eigenvalue weighted by molar-refractivity contribution is 0.775. The molecule has 3 nitrogen and oxygen atoms in total. The van der Waals surface area contributed by atoms with Gasteiger partial charge in [-0.1, -0.05) is 18.2 Å². The second-order valence-electron chi connectivity index (χ2n) is 5.82. The van der Waals surface area contributed by atoms with E-state index in [4.69, 9.17) is 5.41 Å². The van der Waals surface area contributed by atoms with Gasteiger partial charge in [-0.15, -0.1) is 0 Å². The maximum absolute atomic E-state index is 7.67. The number of hydrogen-bond acceptors (Lipinski definition) is 2. The monoisotopic (exact) mass is 275 g/mol. The molecule has 3 aromatic rings. The minimum absolute atomic E-state index is 0.849. The van der Waals surface area contributed by atoms with Gasteiger partial charge < -0.3 is 9.98 Å². The quantitative estimate of drug-likeness (QED) is 0.524. The van der Waals surface area contributed by atoms with Crippen molar-refractivity contribution in [3.05, 3.63) is 52.3 Å². The van der Waals surface area contributed by atoms with Gasteiger partial charge in [-0.25, -0.2) is 4.98 Å². The number of hydrogen-bond donors (Lipinski definition) is 1. The van der Waals surface area contributed by atoms with Crippen molar-refractivity contribution in [1.82, 2.24) is 9.55 Å². The molecule has 1 aliphatic rings. The molecule has 0 fully saturated rings. The lowest BCUT2D eigenvalue weighted by atomic mass is 9.87. The lowest BCUT2D eigenvalue weighted by Gasteiger charge is -2.24. The van der Waals surface area contributed by atoms with Crippen LogP contribution in [0.15, 0.2) is 24.3 Å². The Labute approximate surface area is 123 Å². The highest BCUT2D eigenvalue weighted by atomic mass is 15.1. The highest BCUT2D eigenvalue weighted by Crippen LogP contribution is 2.39. The number of imidazole rings is 1. The van der Waals surface area contributed by atoms with Crippen molar-refractivity contribution in [2.75, 3.05) is 0 Å². The predicted molar refractivity (Wildman–Crippen MR) is 86.4 cm³/mol. The van der Waals surface area contributed by atoms with Gasteiger partial charge in [0.15, 0.2) is 0 Å². The molecule has 0 radical (unpaired) electrons. The molecule has 3 heteroatoms. The van der Waals surface area contributed by atoms with Crippen LogP contribution >= 0.6 is 0 Å². The molecule has 1 aromatic heterocycles. The van der Waals surface area contributed by atoms with Crippen LogP contribution in [0.3, 0.4) is 0 Å². The van der Waals surface area contributed by atoms with E-state index in [0.29, 0.717) is 0 Å². The molecule has 2 heterocycles. The van der Waals surface area contributed by atoms with Gasteiger partial charge >= 0.3 is 0 Å². The van der Waals surface area contributed by atoms with Crippen molar-refractivity contribution >= 4 is 17.2 Å². The summed E-state index contributed by atoms with van der Waals surface area (Å²) in [6.07, 6.45) is 1.47. The third kappa shape index (κ3) is 1.49. The molecule has 4 rings (SSSR count). The van der Waals surface area contributed by atoms with E-state index < -0.39 is 0 Å². The van der Waals surface area contributed by atoms with E-state index in [1.807, 2.05) is 0 Å². The first-order valence-electron chi connectivity index (χ1n) is 7.21. The fourth-order valence-electron chi connectivity index (χ4n) is 3.58. The van der Waals surface area contributed by atoms with E-state index in [1.54, 1.807) is 0 Å². The molecule has 0 unspecified atom stereocenters. The molecule has 0 spiro atoms. The Balaban J connectivity index is 2.17. The molecule has 0 saturated carbocycles. The first kappa shape index (κ1) is 12.3. The zero-order valence-electron chi connectivity index (χ0n) is 12.5. The van der Waals surface area contributed by atoms with Crippen LogP contribution in [0.5, 0.6) is 0 Å². The zero-order chi connectivity index (χ0) is 14.7. The molecule has 0 bridgehead atoms. The van der Waals surface area contributed by atoms with Crippen LogP contribution in [0.4, 0.5) is 0 Å². The second kappa shape index (κ2) is 4.04. The zero-order valence-corrected chi connectivity index (χ0v) is 12.5. The van der Waals surface area contributed by atoms with E-state index in [-0.39, 0.29) is 0 Å². The summed E-state index contributed by atoms with van der Waals surface area (Å²) in [5.74, 6) is 1.06. The Morgan fingerprint density at radius 2 is 2.00 bits per heavy atom.